The maximum Gasteiger partial charge on any atom is 0.403 e. The minimum Gasteiger partial charge on any atom is -0.378 e. The molecule has 0 radical (unpaired) electrons. The molecule has 5 heteroatoms. The Morgan fingerprint density at radius 2 is 2.15 bits per heavy atom. The molecule has 1 saturated heterocycles. The number of halogens is 3. The van der Waals surface area contributed by atoms with Gasteiger partial charge in [0.15, 0.2) is 0 Å². The second-order valence-electron chi connectivity index (χ2n) is 3.36. The third-order valence-corrected chi connectivity index (χ3v) is 2.24. The average Bonchev–Trinajstić information content (AvgIpc) is 2.50. The summed E-state index contributed by atoms with van der Waals surface area (Å²) in [5.41, 5.74) is 4.95. The van der Waals surface area contributed by atoms with Crippen LogP contribution in [0.1, 0.15) is 25.7 Å². The molecule has 1 aliphatic heterocycles. The van der Waals surface area contributed by atoms with Crippen molar-refractivity contribution in [3.63, 3.8) is 0 Å². The molecule has 1 heterocycles. The van der Waals surface area contributed by atoms with E-state index in [1.807, 2.05) is 0 Å². The van der Waals surface area contributed by atoms with Gasteiger partial charge in [-0.1, -0.05) is 0 Å². The van der Waals surface area contributed by atoms with Crippen molar-refractivity contribution in [2.24, 2.45) is 5.73 Å². The van der Waals surface area contributed by atoms with Gasteiger partial charge in [0.2, 0.25) is 0 Å². The number of hydrogen-bond acceptors (Lipinski definition) is 2. The quantitative estimate of drug-likeness (QED) is 0.749. The smallest absolute Gasteiger partial charge is 0.378 e. The van der Waals surface area contributed by atoms with Crippen LogP contribution in [0.15, 0.2) is 0 Å². The van der Waals surface area contributed by atoms with Crippen molar-refractivity contribution >= 4 is 0 Å². The van der Waals surface area contributed by atoms with E-state index < -0.39 is 12.2 Å². The van der Waals surface area contributed by atoms with Crippen LogP contribution in [0, 0.1) is 0 Å². The van der Waals surface area contributed by atoms with Gasteiger partial charge in [0.25, 0.3) is 0 Å². The Morgan fingerprint density at radius 3 is 2.62 bits per heavy atom. The van der Waals surface area contributed by atoms with Crippen LogP contribution in [0.3, 0.4) is 0 Å². The van der Waals surface area contributed by atoms with E-state index in [-0.39, 0.29) is 12.5 Å². The Labute approximate surface area is 75.2 Å². The van der Waals surface area contributed by atoms with Crippen LogP contribution >= 0.6 is 0 Å². The molecule has 2 unspecified atom stereocenters. The van der Waals surface area contributed by atoms with Gasteiger partial charge < -0.3 is 10.5 Å². The summed E-state index contributed by atoms with van der Waals surface area (Å²) < 4.78 is 41.1. The lowest BCUT2D eigenvalue weighted by atomic mass is 10.1. The first-order chi connectivity index (χ1) is 6.00. The highest BCUT2D eigenvalue weighted by atomic mass is 19.4. The lowest BCUT2D eigenvalue weighted by Gasteiger charge is -2.17. The molecule has 0 aliphatic carbocycles. The summed E-state index contributed by atoms with van der Waals surface area (Å²) in [4.78, 5) is 0. The SMILES string of the molecule is NC(CCC1CCCO1)C(F)(F)F. The summed E-state index contributed by atoms with van der Waals surface area (Å²) in [7, 11) is 0. The van der Waals surface area contributed by atoms with Gasteiger partial charge in [-0.2, -0.15) is 13.2 Å². The third-order valence-electron chi connectivity index (χ3n) is 2.24. The first kappa shape index (κ1) is 10.8. The first-order valence-electron chi connectivity index (χ1n) is 4.44. The van der Waals surface area contributed by atoms with Crippen LogP contribution in [0.25, 0.3) is 0 Å². The van der Waals surface area contributed by atoms with Gasteiger partial charge in [0.1, 0.15) is 6.04 Å². The maximum absolute atomic E-state index is 12.0. The summed E-state index contributed by atoms with van der Waals surface area (Å²) in [6, 6.07) is -1.70. The highest BCUT2D eigenvalue weighted by Crippen LogP contribution is 2.24. The van der Waals surface area contributed by atoms with Gasteiger partial charge in [-0.15, -0.1) is 0 Å². The van der Waals surface area contributed by atoms with E-state index in [0.717, 1.165) is 12.8 Å². The first-order valence-corrected chi connectivity index (χ1v) is 4.44. The van der Waals surface area contributed by atoms with Gasteiger partial charge in [-0.05, 0) is 25.7 Å². The maximum atomic E-state index is 12.0. The van der Waals surface area contributed by atoms with Crippen LogP contribution in [0.4, 0.5) is 13.2 Å². The minimum atomic E-state index is -4.27. The third kappa shape index (κ3) is 3.52. The largest absolute Gasteiger partial charge is 0.403 e. The number of nitrogens with two attached hydrogens (primary N) is 1. The lowest BCUT2D eigenvalue weighted by molar-refractivity contribution is -0.150. The molecule has 2 nitrogen and oxygen atoms in total. The molecule has 0 aromatic heterocycles. The molecule has 1 rings (SSSR count). The van der Waals surface area contributed by atoms with Crippen molar-refractivity contribution in [3.8, 4) is 0 Å². The van der Waals surface area contributed by atoms with Crippen LogP contribution in [-0.2, 0) is 4.74 Å². The molecule has 1 fully saturated rings. The van der Waals surface area contributed by atoms with E-state index in [1.54, 1.807) is 0 Å². The van der Waals surface area contributed by atoms with Crippen LogP contribution in [0.5, 0.6) is 0 Å². The van der Waals surface area contributed by atoms with Gasteiger partial charge in [0.05, 0.1) is 6.10 Å². The fourth-order valence-corrected chi connectivity index (χ4v) is 1.40. The molecule has 78 valence electrons. The Kier molecular flexibility index (Phi) is 3.55. The molecule has 0 aromatic carbocycles. The Balaban J connectivity index is 2.17. The molecular weight excluding hydrogens is 183 g/mol. The zero-order chi connectivity index (χ0) is 9.90. The van der Waals surface area contributed by atoms with Gasteiger partial charge in [0, 0.05) is 6.61 Å². The van der Waals surface area contributed by atoms with E-state index in [1.165, 1.54) is 0 Å². The predicted octanol–water partition coefficient (Wildman–Crippen LogP) is 1.84. The molecule has 2 atom stereocenters. The van der Waals surface area contributed by atoms with Gasteiger partial charge >= 0.3 is 6.18 Å². The fraction of sp³-hybridized carbons (Fsp3) is 1.00. The monoisotopic (exact) mass is 197 g/mol. The minimum absolute atomic E-state index is 0.00611. The van der Waals surface area contributed by atoms with E-state index in [2.05, 4.69) is 0 Å². The van der Waals surface area contributed by atoms with Gasteiger partial charge in [-0.3, -0.25) is 0 Å². The molecule has 1 aliphatic rings. The van der Waals surface area contributed by atoms with E-state index in [0.29, 0.717) is 13.0 Å². The topological polar surface area (TPSA) is 35.2 Å². The Bertz CT molecular complexity index is 154. The second-order valence-corrected chi connectivity index (χ2v) is 3.36. The second kappa shape index (κ2) is 4.28. The predicted molar refractivity (Wildman–Crippen MR) is 42.2 cm³/mol. The Morgan fingerprint density at radius 1 is 1.46 bits per heavy atom. The van der Waals surface area contributed by atoms with E-state index in [9.17, 15) is 13.2 Å². The molecule has 0 bridgehead atoms. The molecule has 2 N–H and O–H groups in total. The van der Waals surface area contributed by atoms with Gasteiger partial charge in [-0.25, -0.2) is 0 Å². The average molecular weight is 197 g/mol. The number of alkyl halides is 3. The van der Waals surface area contributed by atoms with E-state index >= 15 is 0 Å². The molecule has 0 aromatic rings. The van der Waals surface area contributed by atoms with Crippen molar-refractivity contribution in [2.45, 2.75) is 44.0 Å². The number of hydrogen-bond donors (Lipinski definition) is 1. The molecular formula is C8H14F3NO. The lowest BCUT2D eigenvalue weighted by Crippen LogP contribution is -2.37. The standard InChI is InChI=1S/C8H14F3NO/c9-8(10,11)7(12)4-3-6-2-1-5-13-6/h6-7H,1-5,12H2. The highest BCUT2D eigenvalue weighted by molar-refractivity contribution is 4.74. The normalized spacial score (nSPS) is 26.3. The Hall–Kier alpha value is -0.290. The highest BCUT2D eigenvalue weighted by Gasteiger charge is 2.36. The van der Waals surface area contributed by atoms with Crippen molar-refractivity contribution in [1.29, 1.82) is 0 Å². The molecule has 13 heavy (non-hydrogen) atoms. The summed E-state index contributed by atoms with van der Waals surface area (Å²) >= 11 is 0. The molecule has 0 saturated carbocycles. The number of rotatable bonds is 3. The van der Waals surface area contributed by atoms with Crippen LogP contribution in [-0.4, -0.2) is 24.9 Å². The summed E-state index contributed by atoms with van der Waals surface area (Å²) in [6.45, 7) is 0.673. The molecule has 0 amide bonds. The van der Waals surface area contributed by atoms with Crippen molar-refractivity contribution in [2.75, 3.05) is 6.61 Å². The fourth-order valence-electron chi connectivity index (χ4n) is 1.40. The van der Waals surface area contributed by atoms with Crippen molar-refractivity contribution in [3.05, 3.63) is 0 Å². The summed E-state index contributed by atoms with van der Waals surface area (Å²) in [6.07, 6.45) is -2.07. The van der Waals surface area contributed by atoms with Crippen LogP contribution in [0.2, 0.25) is 0 Å². The zero-order valence-corrected chi connectivity index (χ0v) is 7.31. The summed E-state index contributed by atoms with van der Waals surface area (Å²) in [5, 5.41) is 0. The zero-order valence-electron chi connectivity index (χ0n) is 7.31. The van der Waals surface area contributed by atoms with Crippen LogP contribution < -0.4 is 5.73 Å². The van der Waals surface area contributed by atoms with Crippen molar-refractivity contribution < 1.29 is 17.9 Å². The molecule has 0 spiro atoms. The van der Waals surface area contributed by atoms with E-state index in [4.69, 9.17) is 10.5 Å². The van der Waals surface area contributed by atoms with Crippen molar-refractivity contribution in [1.82, 2.24) is 0 Å². The number of ether oxygens (including phenoxy) is 1. The summed E-state index contributed by atoms with van der Waals surface area (Å²) in [5.74, 6) is 0.